The van der Waals surface area contributed by atoms with Gasteiger partial charge in [0.1, 0.15) is 15.8 Å². The zero-order valence-corrected chi connectivity index (χ0v) is 19.9. The second kappa shape index (κ2) is 10.7. The highest BCUT2D eigenvalue weighted by Gasteiger charge is 2.35. The number of ether oxygens (including phenoxy) is 2. The van der Waals surface area contributed by atoms with Crippen molar-refractivity contribution in [2.75, 3.05) is 44.8 Å². The number of aromatic nitrogens is 2. The summed E-state index contributed by atoms with van der Waals surface area (Å²) in [6.07, 6.45) is 5.09. The molecular formula is C22H26N4O5S2. The topological polar surface area (TPSA) is 105 Å². The summed E-state index contributed by atoms with van der Waals surface area (Å²) >= 11 is 6.61. The summed E-state index contributed by atoms with van der Waals surface area (Å²) in [5.74, 6) is 0.137. The monoisotopic (exact) mass is 490 g/mol. The number of anilines is 1. The molecule has 4 rings (SSSR count). The molecule has 33 heavy (non-hydrogen) atoms. The van der Waals surface area contributed by atoms with Crippen LogP contribution in [0.5, 0.6) is 0 Å². The molecule has 0 aromatic carbocycles. The second-order valence-corrected chi connectivity index (χ2v) is 9.43. The molecule has 0 aliphatic carbocycles. The van der Waals surface area contributed by atoms with Crippen molar-refractivity contribution in [1.29, 1.82) is 0 Å². The van der Waals surface area contributed by atoms with Gasteiger partial charge in [-0.2, -0.15) is 0 Å². The molecule has 11 heteroatoms. The standard InChI is InChI=1S/C22H26N4O5S2/c1-14-4-2-7-25-19(14)24-18(23-6-10-30-11-8-27)16(20(25)28)12-17-21(29)26(22(32)33-17)13-15-5-3-9-31-15/h2,4,7,12,15,23,27H,3,5-6,8-11,13H2,1H3. The van der Waals surface area contributed by atoms with Crippen LogP contribution in [0.15, 0.2) is 28.0 Å². The number of thioether (sulfide) groups is 1. The number of aliphatic hydroxyl groups is 1. The highest BCUT2D eigenvalue weighted by molar-refractivity contribution is 8.26. The molecule has 2 N–H and O–H groups in total. The van der Waals surface area contributed by atoms with Gasteiger partial charge in [0.25, 0.3) is 11.5 Å². The maximum absolute atomic E-state index is 13.4. The zero-order valence-electron chi connectivity index (χ0n) is 18.3. The fourth-order valence-electron chi connectivity index (χ4n) is 3.77. The minimum absolute atomic E-state index is 0.0149. The molecule has 0 radical (unpaired) electrons. The molecule has 1 atom stereocenters. The normalized spacial score (nSPS) is 19.9. The van der Waals surface area contributed by atoms with E-state index in [1.54, 1.807) is 23.2 Å². The third kappa shape index (κ3) is 5.28. The molecule has 1 amide bonds. The Balaban J connectivity index is 1.66. The first-order chi connectivity index (χ1) is 16.0. The van der Waals surface area contributed by atoms with E-state index >= 15 is 0 Å². The number of amides is 1. The van der Waals surface area contributed by atoms with Crippen LogP contribution in [-0.2, 0) is 14.3 Å². The number of fused-ring (bicyclic) bond motifs is 1. The number of aliphatic hydroxyl groups excluding tert-OH is 1. The zero-order chi connectivity index (χ0) is 23.4. The summed E-state index contributed by atoms with van der Waals surface area (Å²) in [7, 11) is 0. The van der Waals surface area contributed by atoms with Gasteiger partial charge in [0, 0.05) is 19.3 Å². The molecule has 0 bridgehead atoms. The molecule has 2 aliphatic heterocycles. The minimum Gasteiger partial charge on any atom is -0.394 e. The Kier molecular flexibility index (Phi) is 7.76. The molecule has 0 spiro atoms. The number of hydrogen-bond acceptors (Lipinski definition) is 9. The summed E-state index contributed by atoms with van der Waals surface area (Å²) in [6, 6.07) is 3.66. The van der Waals surface area contributed by atoms with Gasteiger partial charge in [0.2, 0.25) is 0 Å². The third-order valence-corrected chi connectivity index (χ3v) is 6.80. The van der Waals surface area contributed by atoms with E-state index in [1.807, 2.05) is 13.0 Å². The average molecular weight is 491 g/mol. The number of carbonyl (C=O) groups excluding carboxylic acids is 1. The number of pyridine rings is 1. The maximum atomic E-state index is 13.4. The molecule has 2 aliphatic rings. The molecule has 2 saturated heterocycles. The second-order valence-electron chi connectivity index (χ2n) is 7.75. The van der Waals surface area contributed by atoms with Crippen LogP contribution in [0.25, 0.3) is 11.7 Å². The molecule has 2 fully saturated rings. The average Bonchev–Trinajstić information content (AvgIpc) is 3.40. The molecule has 1 unspecified atom stereocenters. The quantitative estimate of drug-likeness (QED) is 0.309. The van der Waals surface area contributed by atoms with E-state index in [2.05, 4.69) is 10.3 Å². The van der Waals surface area contributed by atoms with Crippen LogP contribution < -0.4 is 10.9 Å². The molecular weight excluding hydrogens is 464 g/mol. The van der Waals surface area contributed by atoms with Crippen LogP contribution in [-0.4, -0.2) is 75.2 Å². The van der Waals surface area contributed by atoms with Gasteiger partial charge in [-0.05, 0) is 37.5 Å². The summed E-state index contributed by atoms with van der Waals surface area (Å²) in [5, 5.41) is 12.0. The van der Waals surface area contributed by atoms with Gasteiger partial charge in [-0.25, -0.2) is 4.98 Å². The molecule has 9 nitrogen and oxygen atoms in total. The molecule has 0 saturated carbocycles. The highest BCUT2D eigenvalue weighted by atomic mass is 32.2. The first-order valence-corrected chi connectivity index (χ1v) is 12.0. The first-order valence-electron chi connectivity index (χ1n) is 10.8. The Labute approximate surface area is 200 Å². The summed E-state index contributed by atoms with van der Waals surface area (Å²) < 4.78 is 12.9. The molecule has 2 aromatic rings. The number of rotatable bonds is 9. The number of carbonyl (C=O) groups is 1. The van der Waals surface area contributed by atoms with Crippen LogP contribution in [0, 0.1) is 6.92 Å². The van der Waals surface area contributed by atoms with Crippen molar-refractivity contribution in [2.24, 2.45) is 0 Å². The van der Waals surface area contributed by atoms with E-state index in [9.17, 15) is 9.59 Å². The Morgan fingerprint density at radius 1 is 1.42 bits per heavy atom. The number of nitrogens with one attached hydrogen (secondary N) is 1. The number of hydrogen-bond donors (Lipinski definition) is 2. The van der Waals surface area contributed by atoms with Crippen LogP contribution in [0.4, 0.5) is 5.82 Å². The van der Waals surface area contributed by atoms with Crippen LogP contribution in [0.2, 0.25) is 0 Å². The van der Waals surface area contributed by atoms with Crippen molar-refractivity contribution < 1.29 is 19.4 Å². The Morgan fingerprint density at radius 2 is 2.27 bits per heavy atom. The van der Waals surface area contributed by atoms with Gasteiger partial charge < -0.3 is 19.9 Å². The predicted octanol–water partition coefficient (Wildman–Crippen LogP) is 1.80. The first kappa shape index (κ1) is 23.8. The number of nitrogens with zero attached hydrogens (tertiary/aromatic N) is 3. The lowest BCUT2D eigenvalue weighted by Crippen LogP contribution is -2.35. The van der Waals surface area contributed by atoms with E-state index in [0.29, 0.717) is 47.0 Å². The van der Waals surface area contributed by atoms with Crippen molar-refractivity contribution in [2.45, 2.75) is 25.9 Å². The molecule has 4 heterocycles. The van der Waals surface area contributed by atoms with E-state index in [1.165, 1.54) is 16.2 Å². The maximum Gasteiger partial charge on any atom is 0.267 e. The lowest BCUT2D eigenvalue weighted by molar-refractivity contribution is -0.123. The van der Waals surface area contributed by atoms with Gasteiger partial charge in [0.15, 0.2) is 0 Å². The van der Waals surface area contributed by atoms with Gasteiger partial charge >= 0.3 is 0 Å². The van der Waals surface area contributed by atoms with Gasteiger partial charge in [0.05, 0.1) is 42.9 Å². The predicted molar refractivity (Wildman–Crippen MR) is 131 cm³/mol. The van der Waals surface area contributed by atoms with Gasteiger partial charge in [-0.15, -0.1) is 0 Å². The highest BCUT2D eigenvalue weighted by Crippen LogP contribution is 2.34. The van der Waals surface area contributed by atoms with Crippen molar-refractivity contribution in [1.82, 2.24) is 14.3 Å². The lowest BCUT2D eigenvalue weighted by Gasteiger charge is -2.18. The van der Waals surface area contributed by atoms with Gasteiger partial charge in [-0.1, -0.05) is 30.0 Å². The SMILES string of the molecule is Cc1cccn2c(=O)c(C=C3SC(=S)N(CC4CCCO4)C3=O)c(NCCOCCO)nc12. The largest absolute Gasteiger partial charge is 0.394 e. The van der Waals surface area contributed by atoms with E-state index in [0.717, 1.165) is 18.4 Å². The van der Waals surface area contributed by atoms with E-state index in [-0.39, 0.29) is 36.3 Å². The van der Waals surface area contributed by atoms with Crippen LogP contribution in [0.1, 0.15) is 24.0 Å². The summed E-state index contributed by atoms with van der Waals surface area (Å²) in [4.78, 5) is 33.0. The van der Waals surface area contributed by atoms with Crippen LogP contribution in [0.3, 0.4) is 0 Å². The summed E-state index contributed by atoms with van der Waals surface area (Å²) in [6.45, 7) is 3.89. The van der Waals surface area contributed by atoms with Gasteiger partial charge in [-0.3, -0.25) is 18.9 Å². The minimum atomic E-state index is -0.285. The van der Waals surface area contributed by atoms with E-state index < -0.39 is 0 Å². The van der Waals surface area contributed by atoms with E-state index in [4.69, 9.17) is 26.8 Å². The van der Waals surface area contributed by atoms with Crippen molar-refractivity contribution in [3.8, 4) is 0 Å². The Hall–Kier alpha value is -2.31. The number of aryl methyl sites for hydroxylation is 1. The Bertz CT molecular complexity index is 1140. The van der Waals surface area contributed by atoms with Crippen molar-refractivity contribution >= 4 is 51.7 Å². The fourth-order valence-corrected chi connectivity index (χ4v) is 5.02. The smallest absolute Gasteiger partial charge is 0.267 e. The fraction of sp³-hybridized carbons (Fsp3) is 0.455. The Morgan fingerprint density at radius 3 is 3.03 bits per heavy atom. The molecule has 2 aromatic heterocycles. The lowest BCUT2D eigenvalue weighted by atomic mass is 10.2. The third-order valence-electron chi connectivity index (χ3n) is 5.42. The van der Waals surface area contributed by atoms with Crippen LogP contribution >= 0.6 is 24.0 Å². The van der Waals surface area contributed by atoms with Crippen molar-refractivity contribution in [3.63, 3.8) is 0 Å². The van der Waals surface area contributed by atoms with Crippen molar-refractivity contribution in [3.05, 3.63) is 44.7 Å². The number of thiocarbonyl (C=S) groups is 1. The molecule has 176 valence electrons. The summed E-state index contributed by atoms with van der Waals surface area (Å²) in [5.41, 5.74) is 1.37.